The molecule has 1 aliphatic rings. The summed E-state index contributed by atoms with van der Waals surface area (Å²) >= 11 is 0. The Labute approximate surface area is 141 Å². The van der Waals surface area contributed by atoms with Gasteiger partial charge in [0.05, 0.1) is 5.69 Å². The van der Waals surface area contributed by atoms with Crippen molar-refractivity contribution in [1.29, 1.82) is 0 Å². The molecule has 1 unspecified atom stereocenters. The van der Waals surface area contributed by atoms with Crippen LogP contribution < -0.4 is 4.72 Å². The Morgan fingerprint density at radius 3 is 2.65 bits per heavy atom. The SMILES string of the molecule is C=C/C=C(\C=C(/CC)S(=O)NC1CCCC1)c1c(C)noc1C. The summed E-state index contributed by atoms with van der Waals surface area (Å²) in [4.78, 5) is 0.880. The third-order valence-corrected chi connectivity index (χ3v) is 5.58. The van der Waals surface area contributed by atoms with Crippen LogP contribution >= 0.6 is 0 Å². The quantitative estimate of drug-likeness (QED) is 0.754. The zero-order chi connectivity index (χ0) is 16.8. The molecule has 0 saturated heterocycles. The molecule has 0 bridgehead atoms. The van der Waals surface area contributed by atoms with Crippen LogP contribution in [-0.4, -0.2) is 15.4 Å². The fourth-order valence-electron chi connectivity index (χ4n) is 2.96. The first-order valence-corrected chi connectivity index (χ1v) is 9.36. The molecule has 4 nitrogen and oxygen atoms in total. The van der Waals surface area contributed by atoms with E-state index in [-0.39, 0.29) is 0 Å². The second kappa shape index (κ2) is 8.41. The van der Waals surface area contributed by atoms with Gasteiger partial charge in [0, 0.05) is 16.5 Å². The average molecular weight is 334 g/mol. The highest BCUT2D eigenvalue weighted by atomic mass is 32.2. The van der Waals surface area contributed by atoms with Gasteiger partial charge in [-0.25, -0.2) is 8.93 Å². The fraction of sp³-hybridized carbons (Fsp3) is 0.500. The number of allylic oxidation sites excluding steroid dienone is 5. The van der Waals surface area contributed by atoms with Crippen LogP contribution in [0.2, 0.25) is 0 Å². The minimum atomic E-state index is -1.16. The van der Waals surface area contributed by atoms with E-state index in [0.717, 1.165) is 46.8 Å². The number of aryl methyl sites for hydroxylation is 2. The molecule has 1 aliphatic carbocycles. The van der Waals surface area contributed by atoms with Crippen LogP contribution in [0.4, 0.5) is 0 Å². The molecule has 0 amide bonds. The van der Waals surface area contributed by atoms with Crippen molar-refractivity contribution in [3.8, 4) is 0 Å². The van der Waals surface area contributed by atoms with Gasteiger partial charge >= 0.3 is 0 Å². The van der Waals surface area contributed by atoms with E-state index in [0.29, 0.717) is 6.04 Å². The number of rotatable bonds is 7. The van der Waals surface area contributed by atoms with E-state index >= 15 is 0 Å². The van der Waals surface area contributed by atoms with Gasteiger partial charge in [-0.1, -0.05) is 43.7 Å². The topological polar surface area (TPSA) is 55.1 Å². The molecule has 1 aromatic heterocycles. The molecule has 0 spiro atoms. The first-order chi connectivity index (χ1) is 11.1. The van der Waals surface area contributed by atoms with Gasteiger partial charge < -0.3 is 4.52 Å². The lowest BCUT2D eigenvalue weighted by molar-refractivity contribution is 0.393. The van der Waals surface area contributed by atoms with Crippen molar-refractivity contribution in [2.45, 2.75) is 58.9 Å². The van der Waals surface area contributed by atoms with Gasteiger partial charge in [0.2, 0.25) is 0 Å². The monoisotopic (exact) mass is 334 g/mol. The molecule has 126 valence electrons. The minimum Gasteiger partial charge on any atom is -0.361 e. The van der Waals surface area contributed by atoms with Gasteiger partial charge in [0.25, 0.3) is 0 Å². The van der Waals surface area contributed by atoms with Crippen molar-refractivity contribution < 1.29 is 8.73 Å². The van der Waals surface area contributed by atoms with Gasteiger partial charge in [-0.15, -0.1) is 0 Å². The third kappa shape index (κ3) is 4.52. The number of hydrogen-bond donors (Lipinski definition) is 1. The first-order valence-electron chi connectivity index (χ1n) is 8.21. The maximum Gasteiger partial charge on any atom is 0.141 e. The van der Waals surface area contributed by atoms with Crippen LogP contribution in [0, 0.1) is 13.8 Å². The van der Waals surface area contributed by atoms with Crippen molar-refractivity contribution in [3.63, 3.8) is 0 Å². The second-order valence-corrected chi connectivity index (χ2v) is 7.19. The predicted octanol–water partition coefficient (Wildman–Crippen LogP) is 4.35. The Morgan fingerprint density at radius 2 is 2.13 bits per heavy atom. The van der Waals surface area contributed by atoms with E-state index in [9.17, 15) is 4.21 Å². The molecular formula is C18H26N2O2S. The number of aromatic nitrogens is 1. The molecule has 1 atom stereocenters. The summed E-state index contributed by atoms with van der Waals surface area (Å²) in [6.07, 6.45) is 11.0. The summed E-state index contributed by atoms with van der Waals surface area (Å²) in [6.45, 7) is 9.61. The van der Waals surface area contributed by atoms with Gasteiger partial charge in [-0.05, 0) is 44.8 Å². The van der Waals surface area contributed by atoms with Crippen LogP contribution in [0.15, 0.2) is 34.2 Å². The molecule has 0 aromatic carbocycles. The summed E-state index contributed by atoms with van der Waals surface area (Å²) in [5, 5.41) is 4.01. The summed E-state index contributed by atoms with van der Waals surface area (Å²) in [5.74, 6) is 0.761. The summed E-state index contributed by atoms with van der Waals surface area (Å²) in [6, 6.07) is 0.372. The maximum atomic E-state index is 12.6. The molecule has 0 aliphatic heterocycles. The highest BCUT2D eigenvalue weighted by Crippen LogP contribution is 2.26. The van der Waals surface area contributed by atoms with Gasteiger partial charge in [0.15, 0.2) is 0 Å². The van der Waals surface area contributed by atoms with Crippen molar-refractivity contribution in [3.05, 3.63) is 46.7 Å². The highest BCUT2D eigenvalue weighted by molar-refractivity contribution is 7.87. The van der Waals surface area contributed by atoms with Gasteiger partial charge in [-0.3, -0.25) is 0 Å². The van der Waals surface area contributed by atoms with Gasteiger partial charge in [-0.2, -0.15) is 0 Å². The largest absolute Gasteiger partial charge is 0.361 e. The Morgan fingerprint density at radius 1 is 1.43 bits per heavy atom. The molecule has 1 aromatic rings. The maximum absolute atomic E-state index is 12.6. The molecule has 1 N–H and O–H groups in total. The summed E-state index contributed by atoms with van der Waals surface area (Å²) in [7, 11) is -1.16. The Bertz CT molecular complexity index is 618. The number of nitrogens with one attached hydrogen (secondary N) is 1. The first kappa shape index (κ1) is 17.9. The van der Waals surface area contributed by atoms with Crippen LogP contribution in [-0.2, 0) is 11.0 Å². The highest BCUT2D eigenvalue weighted by Gasteiger charge is 2.19. The molecular weight excluding hydrogens is 308 g/mol. The average Bonchev–Trinajstić information content (AvgIpc) is 3.14. The van der Waals surface area contributed by atoms with Crippen molar-refractivity contribution in [1.82, 2.24) is 9.88 Å². The fourth-order valence-corrected chi connectivity index (χ4v) is 4.14. The Balaban J connectivity index is 2.27. The molecule has 5 heteroatoms. The lowest BCUT2D eigenvalue weighted by Crippen LogP contribution is -2.28. The standard InChI is InChI=1S/C18H26N2O2S/c1-5-9-15(18-13(3)19-22-14(18)4)12-17(6-2)23(21)20-16-10-7-8-11-16/h5,9,12,16,20H,1,6-8,10-11H2,2-4H3/b15-9+,17-12+. The number of nitrogens with zero attached hydrogens (tertiary/aromatic N) is 1. The zero-order valence-corrected chi connectivity index (χ0v) is 15.0. The van der Waals surface area contributed by atoms with Gasteiger partial charge in [0.1, 0.15) is 16.7 Å². The van der Waals surface area contributed by atoms with Crippen LogP contribution in [0.3, 0.4) is 0 Å². The molecule has 0 radical (unpaired) electrons. The van der Waals surface area contributed by atoms with Crippen molar-refractivity contribution in [2.75, 3.05) is 0 Å². The Kier molecular flexibility index (Phi) is 6.54. The van der Waals surface area contributed by atoms with E-state index < -0.39 is 11.0 Å². The predicted molar refractivity (Wildman–Crippen MR) is 96.1 cm³/mol. The van der Waals surface area contributed by atoms with Crippen molar-refractivity contribution in [2.24, 2.45) is 0 Å². The second-order valence-electron chi connectivity index (χ2n) is 5.89. The molecule has 1 saturated carbocycles. The summed E-state index contributed by atoms with van der Waals surface area (Å²) < 4.78 is 21.2. The van der Waals surface area contributed by atoms with Crippen LogP contribution in [0.1, 0.15) is 56.0 Å². The molecule has 23 heavy (non-hydrogen) atoms. The van der Waals surface area contributed by atoms with E-state index in [2.05, 4.69) is 16.5 Å². The smallest absolute Gasteiger partial charge is 0.141 e. The normalized spacial score (nSPS) is 18.4. The molecule has 2 rings (SSSR count). The van der Waals surface area contributed by atoms with E-state index in [4.69, 9.17) is 4.52 Å². The van der Waals surface area contributed by atoms with Crippen LogP contribution in [0.5, 0.6) is 0 Å². The summed E-state index contributed by atoms with van der Waals surface area (Å²) in [5.41, 5.74) is 2.72. The Hall–Kier alpha value is -1.46. The minimum absolute atomic E-state index is 0.372. The molecule has 1 fully saturated rings. The van der Waals surface area contributed by atoms with E-state index in [1.807, 2.05) is 32.9 Å². The lowest BCUT2D eigenvalue weighted by atomic mass is 10.0. The zero-order valence-electron chi connectivity index (χ0n) is 14.2. The number of hydrogen-bond acceptors (Lipinski definition) is 3. The lowest BCUT2D eigenvalue weighted by Gasteiger charge is -2.13. The third-order valence-electron chi connectivity index (χ3n) is 4.15. The van der Waals surface area contributed by atoms with E-state index in [1.54, 1.807) is 6.08 Å². The van der Waals surface area contributed by atoms with Crippen molar-refractivity contribution >= 4 is 16.6 Å². The molecule has 1 heterocycles. The van der Waals surface area contributed by atoms with E-state index in [1.165, 1.54) is 12.8 Å². The van der Waals surface area contributed by atoms with Crippen LogP contribution in [0.25, 0.3) is 5.57 Å².